The predicted molar refractivity (Wildman–Crippen MR) is 119 cm³/mol. The van der Waals surface area contributed by atoms with Gasteiger partial charge < -0.3 is 10.6 Å². The Morgan fingerprint density at radius 3 is 2.03 bits per heavy atom. The highest BCUT2D eigenvalue weighted by atomic mass is 19.4. The molecule has 0 aliphatic heterocycles. The van der Waals surface area contributed by atoms with Crippen molar-refractivity contribution in [3.8, 4) is 0 Å². The highest BCUT2D eigenvalue weighted by Crippen LogP contribution is 2.35. The minimum Gasteiger partial charge on any atom is -0.308 e. The molecule has 32 heavy (non-hydrogen) atoms. The SMILES string of the molecule is Cc1cccc(CC(=O)Cc2ccc(NC(=O)Nc3cccc(C)c3)c(C(F)(F)F)c2)c1. The van der Waals surface area contributed by atoms with Crippen molar-refractivity contribution in [2.45, 2.75) is 32.9 Å². The zero-order valence-corrected chi connectivity index (χ0v) is 17.7. The number of carbonyl (C=O) groups excluding carboxylic acids is 2. The molecule has 0 aromatic heterocycles. The van der Waals surface area contributed by atoms with Crippen LogP contribution in [0.4, 0.5) is 29.3 Å². The van der Waals surface area contributed by atoms with E-state index in [1.807, 2.05) is 44.2 Å². The summed E-state index contributed by atoms with van der Waals surface area (Å²) in [6, 6.07) is 17.1. The van der Waals surface area contributed by atoms with E-state index >= 15 is 0 Å². The monoisotopic (exact) mass is 440 g/mol. The van der Waals surface area contributed by atoms with Gasteiger partial charge in [0.05, 0.1) is 11.3 Å². The van der Waals surface area contributed by atoms with Gasteiger partial charge >= 0.3 is 12.2 Å². The number of hydrogen-bond acceptors (Lipinski definition) is 2. The summed E-state index contributed by atoms with van der Waals surface area (Å²) in [6.07, 6.45) is -4.68. The Balaban J connectivity index is 1.74. The summed E-state index contributed by atoms with van der Waals surface area (Å²) in [7, 11) is 0. The number of nitrogens with one attached hydrogen (secondary N) is 2. The normalized spacial score (nSPS) is 11.2. The summed E-state index contributed by atoms with van der Waals surface area (Å²) in [5.74, 6) is -0.193. The fourth-order valence-electron chi connectivity index (χ4n) is 3.39. The van der Waals surface area contributed by atoms with E-state index in [1.54, 1.807) is 18.2 Å². The lowest BCUT2D eigenvalue weighted by molar-refractivity contribution is -0.137. The second kappa shape index (κ2) is 9.68. The number of alkyl halides is 3. The van der Waals surface area contributed by atoms with Crippen LogP contribution >= 0.6 is 0 Å². The molecule has 0 bridgehead atoms. The van der Waals surface area contributed by atoms with Gasteiger partial charge in [0.2, 0.25) is 0 Å². The fourth-order valence-corrected chi connectivity index (χ4v) is 3.39. The largest absolute Gasteiger partial charge is 0.418 e. The van der Waals surface area contributed by atoms with Gasteiger partial charge in [-0.2, -0.15) is 13.2 Å². The van der Waals surface area contributed by atoms with E-state index < -0.39 is 17.8 Å². The van der Waals surface area contributed by atoms with Crippen LogP contribution in [0.15, 0.2) is 66.7 Å². The van der Waals surface area contributed by atoms with Crippen LogP contribution < -0.4 is 10.6 Å². The number of amides is 2. The number of Topliss-reactive ketones (excluding diaryl/α,β-unsaturated/α-hetero) is 1. The Hall–Kier alpha value is -3.61. The second-order valence-corrected chi connectivity index (χ2v) is 7.71. The van der Waals surface area contributed by atoms with Crippen molar-refractivity contribution in [3.05, 3.63) is 94.5 Å². The number of halogens is 3. The first kappa shape index (κ1) is 23.1. The number of rotatable bonds is 6. The molecule has 7 heteroatoms. The van der Waals surface area contributed by atoms with Crippen LogP contribution in [0.1, 0.15) is 27.8 Å². The van der Waals surface area contributed by atoms with Gasteiger partial charge in [0.25, 0.3) is 0 Å². The Morgan fingerprint density at radius 1 is 0.781 bits per heavy atom. The molecule has 4 nitrogen and oxygen atoms in total. The Morgan fingerprint density at radius 2 is 1.41 bits per heavy atom. The zero-order valence-electron chi connectivity index (χ0n) is 17.7. The van der Waals surface area contributed by atoms with E-state index in [9.17, 15) is 22.8 Å². The molecule has 0 heterocycles. The van der Waals surface area contributed by atoms with Crippen molar-refractivity contribution in [1.82, 2.24) is 0 Å². The first-order chi connectivity index (χ1) is 15.1. The molecule has 0 saturated heterocycles. The predicted octanol–water partition coefficient (Wildman–Crippen LogP) is 6.32. The van der Waals surface area contributed by atoms with Gasteiger partial charge in [-0.05, 0) is 54.8 Å². The average molecular weight is 440 g/mol. The lowest BCUT2D eigenvalue weighted by Crippen LogP contribution is -2.22. The van der Waals surface area contributed by atoms with E-state index in [0.29, 0.717) is 5.69 Å². The molecule has 0 aliphatic rings. The van der Waals surface area contributed by atoms with Gasteiger partial charge in [0, 0.05) is 18.5 Å². The fraction of sp³-hybridized carbons (Fsp3) is 0.200. The third kappa shape index (κ3) is 6.44. The van der Waals surface area contributed by atoms with Crippen LogP contribution in [0.25, 0.3) is 0 Å². The van der Waals surface area contributed by atoms with Crippen LogP contribution in [0.5, 0.6) is 0 Å². The van der Waals surface area contributed by atoms with E-state index in [2.05, 4.69) is 10.6 Å². The lowest BCUT2D eigenvalue weighted by atomic mass is 9.99. The minimum absolute atomic E-state index is 0.132. The lowest BCUT2D eigenvalue weighted by Gasteiger charge is -2.16. The van der Waals surface area contributed by atoms with Crippen molar-refractivity contribution >= 4 is 23.2 Å². The molecule has 0 fully saturated rings. The minimum atomic E-state index is -4.69. The van der Waals surface area contributed by atoms with Gasteiger partial charge in [-0.3, -0.25) is 4.79 Å². The third-order valence-corrected chi connectivity index (χ3v) is 4.80. The molecule has 2 amide bonds. The number of hydrogen-bond donors (Lipinski definition) is 2. The molecule has 0 spiro atoms. The maximum Gasteiger partial charge on any atom is 0.418 e. The van der Waals surface area contributed by atoms with Crippen molar-refractivity contribution in [1.29, 1.82) is 0 Å². The number of urea groups is 1. The van der Waals surface area contributed by atoms with Gasteiger partial charge in [0.1, 0.15) is 5.78 Å². The highest BCUT2D eigenvalue weighted by molar-refractivity contribution is 6.00. The van der Waals surface area contributed by atoms with E-state index in [-0.39, 0.29) is 29.9 Å². The highest BCUT2D eigenvalue weighted by Gasteiger charge is 2.34. The number of ketones is 1. The first-order valence-electron chi connectivity index (χ1n) is 10.0. The smallest absolute Gasteiger partial charge is 0.308 e. The van der Waals surface area contributed by atoms with Gasteiger partial charge in [0.15, 0.2) is 0 Å². The maximum absolute atomic E-state index is 13.6. The summed E-state index contributed by atoms with van der Waals surface area (Å²) >= 11 is 0. The summed E-state index contributed by atoms with van der Waals surface area (Å²) < 4.78 is 40.9. The maximum atomic E-state index is 13.6. The standard InChI is InChI=1S/C25H23F3N2O2/c1-16-5-3-7-18(11-16)13-21(31)14-19-9-10-23(22(15-19)25(26,27)28)30-24(32)29-20-8-4-6-17(2)12-20/h3-12,15H,13-14H2,1-2H3,(H2,29,30,32). The summed E-state index contributed by atoms with van der Waals surface area (Å²) in [5.41, 5.74) is 2.05. The van der Waals surface area contributed by atoms with Crippen molar-refractivity contribution in [2.75, 3.05) is 10.6 Å². The van der Waals surface area contributed by atoms with Crippen LogP contribution in [0.3, 0.4) is 0 Å². The topological polar surface area (TPSA) is 58.2 Å². The second-order valence-electron chi connectivity index (χ2n) is 7.71. The van der Waals surface area contributed by atoms with E-state index in [4.69, 9.17) is 0 Å². The number of benzene rings is 3. The summed E-state index contributed by atoms with van der Waals surface area (Å²) in [6.45, 7) is 3.74. The molecule has 3 aromatic carbocycles. The molecule has 0 aliphatic carbocycles. The Bertz CT molecular complexity index is 1140. The van der Waals surface area contributed by atoms with Crippen molar-refractivity contribution in [3.63, 3.8) is 0 Å². The van der Waals surface area contributed by atoms with Crippen LogP contribution in [-0.4, -0.2) is 11.8 Å². The third-order valence-electron chi connectivity index (χ3n) is 4.80. The van der Waals surface area contributed by atoms with Gasteiger partial charge in [-0.1, -0.05) is 48.0 Å². The molecule has 0 saturated carbocycles. The van der Waals surface area contributed by atoms with Crippen molar-refractivity contribution < 1.29 is 22.8 Å². The zero-order chi connectivity index (χ0) is 23.3. The average Bonchev–Trinajstić information content (AvgIpc) is 2.68. The quantitative estimate of drug-likeness (QED) is 0.471. The van der Waals surface area contributed by atoms with E-state index in [0.717, 1.165) is 22.8 Å². The molecule has 166 valence electrons. The molecule has 0 radical (unpaired) electrons. The number of aryl methyl sites for hydroxylation is 2. The molecule has 0 atom stereocenters. The molecule has 3 rings (SSSR count). The van der Waals surface area contributed by atoms with Crippen LogP contribution in [0.2, 0.25) is 0 Å². The summed E-state index contributed by atoms with van der Waals surface area (Å²) in [5, 5.41) is 4.77. The van der Waals surface area contributed by atoms with Crippen LogP contribution in [0, 0.1) is 13.8 Å². The Labute approximate surface area is 184 Å². The van der Waals surface area contributed by atoms with Gasteiger partial charge in [-0.25, -0.2) is 4.79 Å². The van der Waals surface area contributed by atoms with Crippen LogP contribution in [-0.2, 0) is 23.8 Å². The molecular formula is C25H23F3N2O2. The molecule has 2 N–H and O–H groups in total. The van der Waals surface area contributed by atoms with Crippen molar-refractivity contribution in [2.24, 2.45) is 0 Å². The first-order valence-corrected chi connectivity index (χ1v) is 10.0. The number of anilines is 2. The number of carbonyl (C=O) groups is 2. The van der Waals surface area contributed by atoms with Gasteiger partial charge in [-0.15, -0.1) is 0 Å². The molecule has 3 aromatic rings. The Kier molecular flexibility index (Phi) is 6.98. The molecular weight excluding hydrogens is 417 g/mol. The summed E-state index contributed by atoms with van der Waals surface area (Å²) in [4.78, 5) is 24.6. The molecule has 0 unspecified atom stereocenters. The van der Waals surface area contributed by atoms with E-state index in [1.165, 1.54) is 12.1 Å².